The highest BCUT2D eigenvalue weighted by molar-refractivity contribution is 5.93. The van der Waals surface area contributed by atoms with E-state index in [1.54, 1.807) is 0 Å². The van der Waals surface area contributed by atoms with Gasteiger partial charge in [-0.2, -0.15) is 0 Å². The molecule has 0 aliphatic heterocycles. The van der Waals surface area contributed by atoms with Gasteiger partial charge in [-0.05, 0) is 47.7 Å². The molecule has 0 unspecified atom stereocenters. The summed E-state index contributed by atoms with van der Waals surface area (Å²) in [6.07, 6.45) is 1.07. The third-order valence-corrected chi connectivity index (χ3v) is 5.05. The Morgan fingerprint density at radius 2 is 1.41 bits per heavy atom. The molecule has 0 aliphatic carbocycles. The fourth-order valence-electron chi connectivity index (χ4n) is 3.44. The van der Waals surface area contributed by atoms with Crippen molar-refractivity contribution in [2.75, 3.05) is 0 Å². The number of para-hydroxylation sites is 1. The first-order chi connectivity index (χ1) is 13.2. The molecule has 4 aromatic rings. The summed E-state index contributed by atoms with van der Waals surface area (Å²) in [7, 11) is 0. The second-order valence-electron chi connectivity index (χ2n) is 6.98. The Kier molecular flexibility index (Phi) is 4.60. The number of aryl methyl sites for hydroxylation is 1. The van der Waals surface area contributed by atoms with Crippen molar-refractivity contribution in [1.29, 1.82) is 0 Å². The molecule has 1 nitrogen and oxygen atoms in total. The van der Waals surface area contributed by atoms with Crippen molar-refractivity contribution >= 4 is 16.5 Å². The molecule has 0 amide bonds. The predicted molar refractivity (Wildman–Crippen MR) is 117 cm³/mol. The van der Waals surface area contributed by atoms with Crippen molar-refractivity contribution in [2.24, 2.45) is 0 Å². The van der Waals surface area contributed by atoms with Crippen LogP contribution in [0, 0.1) is 0 Å². The van der Waals surface area contributed by atoms with Crippen LogP contribution in [-0.2, 0) is 6.42 Å². The minimum atomic E-state index is 0.986. The van der Waals surface area contributed by atoms with Gasteiger partial charge < -0.3 is 0 Å². The largest absolute Gasteiger partial charge is 0.248 e. The lowest BCUT2D eigenvalue weighted by molar-refractivity contribution is 1.14. The fraction of sp³-hybridized carbons (Fsp3) is 0.115. The number of rotatable bonds is 4. The van der Waals surface area contributed by atoms with E-state index < -0.39 is 0 Å². The summed E-state index contributed by atoms with van der Waals surface area (Å²) in [5.41, 5.74) is 9.17. The van der Waals surface area contributed by atoms with Gasteiger partial charge in [0.1, 0.15) is 0 Å². The summed E-state index contributed by atoms with van der Waals surface area (Å²) in [4.78, 5) is 4.87. The molecule has 132 valence electrons. The molecular weight excluding hydrogens is 326 g/mol. The van der Waals surface area contributed by atoms with Crippen molar-refractivity contribution in [3.05, 3.63) is 96.6 Å². The summed E-state index contributed by atoms with van der Waals surface area (Å²) in [6.45, 7) is 8.38. The van der Waals surface area contributed by atoms with Gasteiger partial charge in [0.25, 0.3) is 0 Å². The first kappa shape index (κ1) is 17.2. The smallest absolute Gasteiger partial charge is 0.0715 e. The number of pyridine rings is 1. The van der Waals surface area contributed by atoms with Crippen LogP contribution >= 0.6 is 0 Å². The van der Waals surface area contributed by atoms with Crippen LogP contribution in [0.4, 0.5) is 0 Å². The normalized spacial score (nSPS) is 10.9. The quantitative estimate of drug-likeness (QED) is 0.381. The average Bonchev–Trinajstić information content (AvgIpc) is 2.73. The van der Waals surface area contributed by atoms with Crippen LogP contribution in [0.25, 0.3) is 38.9 Å². The Balaban J connectivity index is 1.74. The molecule has 4 rings (SSSR count). The Labute approximate surface area is 161 Å². The van der Waals surface area contributed by atoms with E-state index in [9.17, 15) is 0 Å². The predicted octanol–water partition coefficient (Wildman–Crippen LogP) is 7.16. The van der Waals surface area contributed by atoms with E-state index in [1.165, 1.54) is 16.7 Å². The minimum Gasteiger partial charge on any atom is -0.248 e. The van der Waals surface area contributed by atoms with Crippen molar-refractivity contribution < 1.29 is 0 Å². The zero-order valence-corrected chi connectivity index (χ0v) is 15.9. The van der Waals surface area contributed by atoms with Crippen LogP contribution in [0.15, 0.2) is 85.4 Å². The Hall–Kier alpha value is -3.19. The van der Waals surface area contributed by atoms with Gasteiger partial charge in [-0.25, -0.2) is 4.98 Å². The molecule has 0 atom stereocenters. The number of aromatic nitrogens is 1. The highest BCUT2D eigenvalue weighted by Crippen LogP contribution is 2.30. The van der Waals surface area contributed by atoms with Crippen molar-refractivity contribution in [2.45, 2.75) is 20.3 Å². The Morgan fingerprint density at radius 3 is 2.04 bits per heavy atom. The van der Waals surface area contributed by atoms with E-state index in [0.29, 0.717) is 0 Å². The molecule has 0 saturated carbocycles. The van der Waals surface area contributed by atoms with Crippen LogP contribution in [0.2, 0.25) is 0 Å². The molecule has 27 heavy (non-hydrogen) atoms. The maximum absolute atomic E-state index is 4.87. The summed E-state index contributed by atoms with van der Waals surface area (Å²) < 4.78 is 0. The average molecular weight is 349 g/mol. The van der Waals surface area contributed by atoms with E-state index in [2.05, 4.69) is 93.2 Å². The number of benzene rings is 3. The topological polar surface area (TPSA) is 12.9 Å². The van der Waals surface area contributed by atoms with Crippen molar-refractivity contribution in [3.8, 4) is 22.4 Å². The third-order valence-electron chi connectivity index (χ3n) is 5.05. The molecule has 1 aromatic heterocycles. The summed E-state index contributed by atoms with van der Waals surface area (Å²) in [5.74, 6) is 0. The van der Waals surface area contributed by atoms with Gasteiger partial charge in [0.2, 0.25) is 0 Å². The van der Waals surface area contributed by atoms with Gasteiger partial charge in [0.15, 0.2) is 0 Å². The van der Waals surface area contributed by atoms with Crippen LogP contribution in [0.1, 0.15) is 25.0 Å². The molecule has 3 aromatic carbocycles. The lowest BCUT2D eigenvalue weighted by atomic mass is 9.98. The first-order valence-electron chi connectivity index (χ1n) is 9.41. The summed E-state index contributed by atoms with van der Waals surface area (Å²) in [6, 6.07) is 27.9. The van der Waals surface area contributed by atoms with Crippen molar-refractivity contribution in [1.82, 2.24) is 4.98 Å². The van der Waals surface area contributed by atoms with E-state index >= 15 is 0 Å². The van der Waals surface area contributed by atoms with E-state index in [0.717, 1.165) is 39.7 Å². The standard InChI is InChI=1S/C26H23N/c1-4-19-9-11-20(12-10-19)21-13-15-22(16-14-21)26-17-24(18(2)3)23-7-5-6-8-25(23)27-26/h5-17H,2,4H2,1,3H3. The lowest BCUT2D eigenvalue weighted by Crippen LogP contribution is -1.91. The zero-order chi connectivity index (χ0) is 18.8. The highest BCUT2D eigenvalue weighted by atomic mass is 14.7. The summed E-state index contributed by atoms with van der Waals surface area (Å²) in [5, 5.41) is 1.15. The molecule has 0 N–H and O–H groups in total. The second kappa shape index (κ2) is 7.20. The van der Waals surface area contributed by atoms with E-state index in [1.807, 2.05) is 6.07 Å². The number of allylic oxidation sites excluding steroid dienone is 1. The maximum atomic E-state index is 4.87. The number of nitrogens with zero attached hydrogens (tertiary/aromatic N) is 1. The third kappa shape index (κ3) is 3.41. The molecule has 0 aliphatic rings. The van der Waals surface area contributed by atoms with Crippen LogP contribution in [0.3, 0.4) is 0 Å². The highest BCUT2D eigenvalue weighted by Gasteiger charge is 2.08. The Morgan fingerprint density at radius 1 is 0.815 bits per heavy atom. The van der Waals surface area contributed by atoms with Gasteiger partial charge in [0, 0.05) is 10.9 Å². The monoisotopic (exact) mass is 349 g/mol. The number of hydrogen-bond donors (Lipinski definition) is 0. The lowest BCUT2D eigenvalue weighted by Gasteiger charge is -2.10. The number of fused-ring (bicyclic) bond motifs is 1. The molecule has 1 heteroatoms. The molecule has 0 bridgehead atoms. The van der Waals surface area contributed by atoms with Crippen LogP contribution < -0.4 is 0 Å². The molecule has 0 saturated heterocycles. The molecule has 0 radical (unpaired) electrons. The van der Waals surface area contributed by atoms with E-state index in [-0.39, 0.29) is 0 Å². The first-order valence-corrected chi connectivity index (χ1v) is 9.41. The molecule has 0 fully saturated rings. The van der Waals surface area contributed by atoms with Crippen LogP contribution in [-0.4, -0.2) is 4.98 Å². The SMILES string of the molecule is C=C(C)c1cc(-c2ccc(-c3ccc(CC)cc3)cc2)nc2ccccc12. The minimum absolute atomic E-state index is 0.986. The number of hydrogen-bond acceptors (Lipinski definition) is 1. The van der Waals surface area contributed by atoms with Gasteiger partial charge in [0.05, 0.1) is 11.2 Å². The summed E-state index contributed by atoms with van der Waals surface area (Å²) >= 11 is 0. The van der Waals surface area contributed by atoms with Gasteiger partial charge in [-0.1, -0.05) is 85.8 Å². The second-order valence-corrected chi connectivity index (χ2v) is 6.98. The van der Waals surface area contributed by atoms with Crippen LogP contribution in [0.5, 0.6) is 0 Å². The van der Waals surface area contributed by atoms with Gasteiger partial charge in [-0.3, -0.25) is 0 Å². The van der Waals surface area contributed by atoms with Gasteiger partial charge >= 0.3 is 0 Å². The maximum Gasteiger partial charge on any atom is 0.0715 e. The van der Waals surface area contributed by atoms with E-state index in [4.69, 9.17) is 4.98 Å². The fourth-order valence-corrected chi connectivity index (χ4v) is 3.44. The van der Waals surface area contributed by atoms with Crippen molar-refractivity contribution in [3.63, 3.8) is 0 Å². The molecular formula is C26H23N. The molecule has 1 heterocycles. The zero-order valence-electron chi connectivity index (χ0n) is 15.9. The molecule has 0 spiro atoms. The Bertz CT molecular complexity index is 1100. The van der Waals surface area contributed by atoms with Gasteiger partial charge in [-0.15, -0.1) is 0 Å².